The Bertz CT molecular complexity index is 1460. The minimum absolute atomic E-state index is 0.0340. The number of carboxylic acid groups (broad SMARTS) is 1. The van der Waals surface area contributed by atoms with Crippen molar-refractivity contribution in [3.63, 3.8) is 0 Å². The molecule has 0 radical (unpaired) electrons. The molecule has 0 unspecified atom stereocenters. The summed E-state index contributed by atoms with van der Waals surface area (Å²) in [6.45, 7) is 0.208. The van der Waals surface area contributed by atoms with Gasteiger partial charge >= 0.3 is 12.1 Å². The molecule has 178 valence electrons. The molecule has 1 aromatic heterocycles. The molecule has 10 heteroatoms. The van der Waals surface area contributed by atoms with E-state index in [2.05, 4.69) is 10.2 Å². The van der Waals surface area contributed by atoms with Crippen molar-refractivity contribution in [3.8, 4) is 16.9 Å². The number of carbonyl (C=O) groups excluding carboxylic acids is 1. The molecule has 7 nitrogen and oxygen atoms in total. The number of alkyl halides is 3. The number of aromatic nitrogens is 2. The van der Waals surface area contributed by atoms with Crippen LogP contribution in [-0.2, 0) is 12.7 Å². The number of ether oxygens (including phenoxy) is 1. The average Bonchev–Trinajstić information content (AvgIpc) is 3.20. The van der Waals surface area contributed by atoms with E-state index in [0.29, 0.717) is 17.4 Å². The van der Waals surface area contributed by atoms with Crippen molar-refractivity contribution in [3.05, 3.63) is 83.0 Å². The van der Waals surface area contributed by atoms with Crippen molar-refractivity contribution in [2.45, 2.75) is 12.7 Å². The highest BCUT2D eigenvalue weighted by molar-refractivity contribution is 5.98. The molecule has 0 atom stereocenters. The van der Waals surface area contributed by atoms with Gasteiger partial charge in [0.2, 0.25) is 0 Å². The number of hydrogen-bond donors (Lipinski definition) is 2. The fourth-order valence-electron chi connectivity index (χ4n) is 4.13. The summed E-state index contributed by atoms with van der Waals surface area (Å²) in [5.41, 5.74) is 0.817. The van der Waals surface area contributed by atoms with Crippen LogP contribution in [0.25, 0.3) is 22.0 Å². The lowest BCUT2D eigenvalue weighted by molar-refractivity contribution is -0.138. The number of amides is 1. The maximum Gasteiger partial charge on any atom is 0.417 e. The average molecular weight is 481 g/mol. The van der Waals surface area contributed by atoms with Gasteiger partial charge in [-0.1, -0.05) is 18.2 Å². The van der Waals surface area contributed by atoms with Gasteiger partial charge in [0.1, 0.15) is 12.4 Å². The van der Waals surface area contributed by atoms with Gasteiger partial charge in [-0.3, -0.25) is 9.89 Å². The fraction of sp³-hybridized carbons (Fsp3) is 0.160. The van der Waals surface area contributed by atoms with E-state index < -0.39 is 34.7 Å². The van der Waals surface area contributed by atoms with Crippen molar-refractivity contribution >= 4 is 22.8 Å². The maximum atomic E-state index is 13.7. The number of carbonyl (C=O) groups is 2. The monoisotopic (exact) mass is 481 g/mol. The summed E-state index contributed by atoms with van der Waals surface area (Å²) >= 11 is 0. The Morgan fingerprint density at radius 2 is 1.80 bits per heavy atom. The van der Waals surface area contributed by atoms with Gasteiger partial charge < -0.3 is 14.7 Å². The lowest BCUT2D eigenvalue weighted by atomic mass is 10.00. The first kappa shape index (κ1) is 22.5. The predicted molar refractivity (Wildman–Crippen MR) is 120 cm³/mol. The number of nitrogens with zero attached hydrogens (tertiary/aromatic N) is 2. The molecule has 2 heterocycles. The van der Waals surface area contributed by atoms with Crippen molar-refractivity contribution in [2.75, 3.05) is 13.2 Å². The third-order valence-corrected chi connectivity index (χ3v) is 5.91. The van der Waals surface area contributed by atoms with Gasteiger partial charge in [-0.05, 0) is 47.5 Å². The summed E-state index contributed by atoms with van der Waals surface area (Å²) in [4.78, 5) is 25.6. The van der Waals surface area contributed by atoms with Gasteiger partial charge in [0.15, 0.2) is 0 Å². The van der Waals surface area contributed by atoms with Gasteiger partial charge in [0, 0.05) is 17.5 Å². The number of halogens is 3. The highest BCUT2D eigenvalue weighted by Crippen LogP contribution is 2.35. The van der Waals surface area contributed by atoms with E-state index >= 15 is 0 Å². The minimum atomic E-state index is -4.89. The summed E-state index contributed by atoms with van der Waals surface area (Å²) < 4.78 is 46.8. The molecule has 2 N–H and O–H groups in total. The van der Waals surface area contributed by atoms with E-state index in [-0.39, 0.29) is 19.7 Å². The molecule has 0 fully saturated rings. The number of carboxylic acids is 1. The van der Waals surface area contributed by atoms with Crippen LogP contribution >= 0.6 is 0 Å². The summed E-state index contributed by atoms with van der Waals surface area (Å²) in [5.74, 6) is -1.81. The fourth-order valence-corrected chi connectivity index (χ4v) is 4.13. The molecule has 0 bridgehead atoms. The van der Waals surface area contributed by atoms with E-state index in [9.17, 15) is 22.8 Å². The molecule has 35 heavy (non-hydrogen) atoms. The van der Waals surface area contributed by atoms with E-state index in [4.69, 9.17) is 9.84 Å². The number of aromatic amines is 1. The molecule has 0 spiro atoms. The van der Waals surface area contributed by atoms with Crippen LogP contribution in [0.3, 0.4) is 0 Å². The van der Waals surface area contributed by atoms with Crippen LogP contribution in [0, 0.1) is 0 Å². The zero-order chi connectivity index (χ0) is 24.7. The van der Waals surface area contributed by atoms with Crippen molar-refractivity contribution < 1.29 is 32.6 Å². The Kier molecular flexibility index (Phi) is 5.43. The van der Waals surface area contributed by atoms with E-state index in [1.807, 2.05) is 30.3 Å². The summed E-state index contributed by atoms with van der Waals surface area (Å²) in [7, 11) is 0. The van der Waals surface area contributed by atoms with Gasteiger partial charge in [0.05, 0.1) is 34.9 Å². The molecule has 0 saturated heterocycles. The van der Waals surface area contributed by atoms with Crippen LogP contribution < -0.4 is 4.74 Å². The molecule has 5 rings (SSSR count). The van der Waals surface area contributed by atoms with Gasteiger partial charge in [-0.2, -0.15) is 18.3 Å². The lowest BCUT2D eigenvalue weighted by Crippen LogP contribution is -2.34. The summed E-state index contributed by atoms with van der Waals surface area (Å²) in [5, 5.41) is 17.0. The van der Waals surface area contributed by atoms with Crippen LogP contribution in [0.15, 0.2) is 60.8 Å². The Morgan fingerprint density at radius 1 is 1.03 bits per heavy atom. The highest BCUT2D eigenvalue weighted by atomic mass is 19.4. The number of rotatable bonds is 3. The molecule has 1 aliphatic rings. The molecule has 1 aliphatic heterocycles. The maximum absolute atomic E-state index is 13.7. The molecular formula is C25H18F3N3O4. The Labute approximate surface area is 196 Å². The molecular weight excluding hydrogens is 463 g/mol. The zero-order valence-corrected chi connectivity index (χ0v) is 18.1. The highest BCUT2D eigenvalue weighted by Gasteiger charge is 2.37. The normalized spacial score (nSPS) is 13.7. The zero-order valence-electron chi connectivity index (χ0n) is 18.1. The largest absolute Gasteiger partial charge is 0.491 e. The molecule has 0 saturated carbocycles. The topological polar surface area (TPSA) is 95.5 Å². The second-order valence-electron chi connectivity index (χ2n) is 8.13. The number of fused-ring (bicyclic) bond motifs is 2. The van der Waals surface area contributed by atoms with Crippen LogP contribution in [-0.4, -0.2) is 45.2 Å². The Morgan fingerprint density at radius 3 is 2.57 bits per heavy atom. The Hall–Kier alpha value is -4.34. The first-order chi connectivity index (χ1) is 16.7. The SMILES string of the molecule is O=C(O)c1ccc(C(=O)N2CCOc3ccc(-c4ccc5cn[nH]c5c4)cc3C2)c(C(F)(F)F)c1. The van der Waals surface area contributed by atoms with Gasteiger partial charge in [-0.25, -0.2) is 4.79 Å². The number of hydrogen-bond acceptors (Lipinski definition) is 4. The molecule has 1 amide bonds. The second kappa shape index (κ2) is 8.46. The third-order valence-electron chi connectivity index (χ3n) is 5.91. The summed E-state index contributed by atoms with van der Waals surface area (Å²) in [6.07, 6.45) is -3.18. The van der Waals surface area contributed by atoms with Gasteiger partial charge in [-0.15, -0.1) is 0 Å². The number of H-pyrrole nitrogens is 1. The predicted octanol–water partition coefficient (Wildman–Crippen LogP) is 4.98. The van der Waals surface area contributed by atoms with Crippen LogP contribution in [0.5, 0.6) is 5.75 Å². The smallest absolute Gasteiger partial charge is 0.417 e. The minimum Gasteiger partial charge on any atom is -0.491 e. The molecule has 4 aromatic rings. The van der Waals surface area contributed by atoms with E-state index in [0.717, 1.165) is 34.2 Å². The lowest BCUT2D eigenvalue weighted by Gasteiger charge is -2.22. The first-order valence-corrected chi connectivity index (χ1v) is 10.6. The molecule has 0 aliphatic carbocycles. The third kappa shape index (κ3) is 4.30. The number of benzene rings is 3. The number of aromatic carboxylic acids is 1. The van der Waals surface area contributed by atoms with Crippen LogP contribution in [0.4, 0.5) is 13.2 Å². The van der Waals surface area contributed by atoms with Crippen LogP contribution in [0.2, 0.25) is 0 Å². The van der Waals surface area contributed by atoms with Crippen molar-refractivity contribution in [2.24, 2.45) is 0 Å². The number of nitrogens with one attached hydrogen (secondary N) is 1. The van der Waals surface area contributed by atoms with Crippen molar-refractivity contribution in [1.82, 2.24) is 15.1 Å². The second-order valence-corrected chi connectivity index (χ2v) is 8.13. The molecule has 3 aromatic carbocycles. The van der Waals surface area contributed by atoms with Gasteiger partial charge in [0.25, 0.3) is 5.91 Å². The first-order valence-electron chi connectivity index (χ1n) is 10.6. The Balaban J connectivity index is 1.48. The van der Waals surface area contributed by atoms with E-state index in [1.54, 1.807) is 12.3 Å². The standard InChI is InChI=1S/C25H18F3N3O4/c26-25(27,28)20-10-16(24(33)34)3-5-19(20)23(32)31-7-8-35-22-6-4-14(9-18(22)13-31)15-1-2-17-12-29-30-21(17)11-15/h1-6,9-12H,7-8,13H2,(H,29,30)(H,33,34). The van der Waals surface area contributed by atoms with E-state index in [1.165, 1.54) is 4.90 Å². The quantitative estimate of drug-likeness (QED) is 0.430. The summed E-state index contributed by atoms with van der Waals surface area (Å²) in [6, 6.07) is 13.7. The van der Waals surface area contributed by atoms with Crippen LogP contribution in [0.1, 0.15) is 31.8 Å². The van der Waals surface area contributed by atoms with Crippen molar-refractivity contribution in [1.29, 1.82) is 0 Å².